The van der Waals surface area contributed by atoms with Crippen molar-refractivity contribution in [2.45, 2.75) is 31.7 Å². The lowest BCUT2D eigenvalue weighted by atomic mass is 10.2. The molecule has 0 spiro atoms. The van der Waals surface area contributed by atoms with Gasteiger partial charge in [-0.1, -0.05) is 12.8 Å². The van der Waals surface area contributed by atoms with Crippen molar-refractivity contribution in [3.8, 4) is 0 Å². The Morgan fingerprint density at radius 3 is 2.53 bits per heavy atom. The van der Waals surface area contributed by atoms with Crippen molar-refractivity contribution >= 4 is 21.5 Å². The summed E-state index contributed by atoms with van der Waals surface area (Å²) in [5.41, 5.74) is 0.941. The minimum Gasteiger partial charge on any atom is -0.381 e. The lowest BCUT2D eigenvalue weighted by Gasteiger charge is -2.13. The molecule has 1 heterocycles. The highest BCUT2D eigenvalue weighted by molar-refractivity contribution is 7.92. The number of rotatable bonds is 4. The number of anilines is 2. The normalized spacial score (nSPS) is 17.0. The summed E-state index contributed by atoms with van der Waals surface area (Å²) in [6, 6.07) is 4.04. The summed E-state index contributed by atoms with van der Waals surface area (Å²) in [7, 11) is -3.25. The summed E-state index contributed by atoms with van der Waals surface area (Å²) < 4.78 is 24.3. The number of nitrogens with zero attached hydrogens (tertiary/aromatic N) is 1. The molecule has 0 saturated heterocycles. The van der Waals surface area contributed by atoms with Gasteiger partial charge in [0.2, 0.25) is 10.0 Å². The molecule has 94 valence electrons. The highest BCUT2D eigenvalue weighted by Gasteiger charge is 2.14. The Labute approximate surface area is 102 Å². The third-order valence-corrected chi connectivity index (χ3v) is 3.36. The quantitative estimate of drug-likeness (QED) is 0.860. The number of aromatic nitrogens is 1. The molecule has 1 aliphatic rings. The highest BCUT2D eigenvalue weighted by Crippen LogP contribution is 2.22. The average Bonchev–Trinajstić information content (AvgIpc) is 2.71. The lowest BCUT2D eigenvalue weighted by Crippen LogP contribution is -2.15. The molecule has 1 saturated carbocycles. The predicted octanol–water partition coefficient (Wildman–Crippen LogP) is 1.81. The molecule has 0 aliphatic heterocycles. The maximum atomic E-state index is 11.0. The van der Waals surface area contributed by atoms with E-state index in [9.17, 15) is 8.42 Å². The predicted molar refractivity (Wildman–Crippen MR) is 68.6 cm³/mol. The summed E-state index contributed by atoms with van der Waals surface area (Å²) in [4.78, 5) is 4.05. The largest absolute Gasteiger partial charge is 0.381 e. The third-order valence-electron chi connectivity index (χ3n) is 2.78. The van der Waals surface area contributed by atoms with Crippen LogP contribution in [-0.4, -0.2) is 25.7 Å². The van der Waals surface area contributed by atoms with E-state index in [1.165, 1.54) is 25.7 Å². The third kappa shape index (κ3) is 3.89. The molecule has 17 heavy (non-hydrogen) atoms. The van der Waals surface area contributed by atoms with Gasteiger partial charge in [0.1, 0.15) is 5.82 Å². The molecule has 0 bridgehead atoms. The van der Waals surface area contributed by atoms with Gasteiger partial charge in [-0.15, -0.1) is 0 Å². The van der Waals surface area contributed by atoms with Crippen LogP contribution in [0.5, 0.6) is 0 Å². The van der Waals surface area contributed by atoms with Crippen LogP contribution >= 0.6 is 0 Å². The Hall–Kier alpha value is -1.30. The fourth-order valence-corrected chi connectivity index (χ4v) is 2.54. The fourth-order valence-electron chi connectivity index (χ4n) is 2.04. The minimum atomic E-state index is -3.25. The number of hydrogen-bond donors (Lipinski definition) is 2. The minimum absolute atomic E-state index is 0.351. The maximum Gasteiger partial charge on any atom is 0.230 e. The first kappa shape index (κ1) is 12.2. The molecule has 1 aromatic rings. The van der Waals surface area contributed by atoms with Crippen molar-refractivity contribution < 1.29 is 8.42 Å². The molecule has 0 aromatic carbocycles. The second kappa shape index (κ2) is 4.91. The molecular weight excluding hydrogens is 238 g/mol. The van der Waals surface area contributed by atoms with E-state index in [1.54, 1.807) is 12.3 Å². The Morgan fingerprint density at radius 2 is 2.00 bits per heavy atom. The molecule has 0 amide bonds. The second-order valence-electron chi connectivity index (χ2n) is 4.43. The summed E-state index contributed by atoms with van der Waals surface area (Å²) in [5, 5.41) is 3.39. The molecule has 2 rings (SSSR count). The van der Waals surface area contributed by atoms with Gasteiger partial charge in [-0.2, -0.15) is 0 Å². The number of pyridine rings is 1. The van der Waals surface area contributed by atoms with Gasteiger partial charge in [-0.05, 0) is 25.0 Å². The SMILES string of the molecule is CS(=O)(=O)Nc1ccc(NC2CCCC2)cn1. The van der Waals surface area contributed by atoms with Crippen LogP contribution in [0.15, 0.2) is 18.3 Å². The van der Waals surface area contributed by atoms with Crippen molar-refractivity contribution in [2.75, 3.05) is 16.3 Å². The average molecular weight is 255 g/mol. The molecular formula is C11H17N3O2S. The Morgan fingerprint density at radius 1 is 1.29 bits per heavy atom. The monoisotopic (exact) mass is 255 g/mol. The van der Waals surface area contributed by atoms with Gasteiger partial charge in [0.15, 0.2) is 0 Å². The van der Waals surface area contributed by atoms with Crippen LogP contribution in [0.1, 0.15) is 25.7 Å². The highest BCUT2D eigenvalue weighted by atomic mass is 32.2. The molecule has 0 unspecified atom stereocenters. The van der Waals surface area contributed by atoms with Crippen molar-refractivity contribution in [1.29, 1.82) is 0 Å². The molecule has 1 aromatic heterocycles. The summed E-state index contributed by atoms with van der Waals surface area (Å²) in [6.07, 6.45) is 7.72. The zero-order valence-electron chi connectivity index (χ0n) is 9.81. The van der Waals surface area contributed by atoms with E-state index in [4.69, 9.17) is 0 Å². The van der Waals surface area contributed by atoms with Crippen LogP contribution in [0, 0.1) is 0 Å². The van der Waals surface area contributed by atoms with E-state index in [1.807, 2.05) is 6.07 Å². The molecule has 0 atom stereocenters. The van der Waals surface area contributed by atoms with Gasteiger partial charge >= 0.3 is 0 Å². The van der Waals surface area contributed by atoms with Crippen molar-refractivity contribution in [3.63, 3.8) is 0 Å². The second-order valence-corrected chi connectivity index (χ2v) is 6.18. The standard InChI is InChI=1S/C11H17N3O2S/c1-17(15,16)14-11-7-6-10(8-12-11)13-9-4-2-3-5-9/h6-9,13H,2-5H2,1H3,(H,12,14). The van der Waals surface area contributed by atoms with Crippen LogP contribution < -0.4 is 10.0 Å². The molecule has 0 radical (unpaired) electrons. The first-order valence-electron chi connectivity index (χ1n) is 5.73. The zero-order valence-corrected chi connectivity index (χ0v) is 10.6. The summed E-state index contributed by atoms with van der Waals surface area (Å²) in [6.45, 7) is 0. The maximum absolute atomic E-state index is 11.0. The van der Waals surface area contributed by atoms with Crippen molar-refractivity contribution in [1.82, 2.24) is 4.98 Å². The summed E-state index contributed by atoms with van der Waals surface area (Å²) in [5.74, 6) is 0.351. The number of nitrogens with one attached hydrogen (secondary N) is 2. The molecule has 2 N–H and O–H groups in total. The van der Waals surface area contributed by atoms with Gasteiger partial charge in [-0.25, -0.2) is 13.4 Å². The van der Waals surface area contributed by atoms with Crippen LogP contribution in [-0.2, 0) is 10.0 Å². The van der Waals surface area contributed by atoms with Gasteiger partial charge in [0.05, 0.1) is 18.1 Å². The molecule has 5 nitrogen and oxygen atoms in total. The van der Waals surface area contributed by atoms with E-state index in [-0.39, 0.29) is 0 Å². The summed E-state index contributed by atoms with van der Waals surface area (Å²) >= 11 is 0. The number of hydrogen-bond acceptors (Lipinski definition) is 4. The Kier molecular flexibility index (Phi) is 3.51. The van der Waals surface area contributed by atoms with E-state index in [0.29, 0.717) is 11.9 Å². The van der Waals surface area contributed by atoms with Crippen LogP contribution in [0.4, 0.5) is 11.5 Å². The van der Waals surface area contributed by atoms with Gasteiger partial charge in [0, 0.05) is 6.04 Å². The van der Waals surface area contributed by atoms with Gasteiger partial charge in [-0.3, -0.25) is 4.72 Å². The first-order valence-corrected chi connectivity index (χ1v) is 7.62. The van der Waals surface area contributed by atoms with Crippen LogP contribution in [0.25, 0.3) is 0 Å². The van der Waals surface area contributed by atoms with E-state index < -0.39 is 10.0 Å². The van der Waals surface area contributed by atoms with Gasteiger partial charge in [0.25, 0.3) is 0 Å². The molecule has 1 aliphatic carbocycles. The van der Waals surface area contributed by atoms with Crippen molar-refractivity contribution in [2.24, 2.45) is 0 Å². The van der Waals surface area contributed by atoms with E-state index in [2.05, 4.69) is 15.0 Å². The van der Waals surface area contributed by atoms with Crippen LogP contribution in [0.3, 0.4) is 0 Å². The Bertz CT molecular complexity index is 464. The lowest BCUT2D eigenvalue weighted by molar-refractivity contribution is 0.606. The molecule has 1 fully saturated rings. The first-order chi connectivity index (χ1) is 8.03. The van der Waals surface area contributed by atoms with E-state index >= 15 is 0 Å². The number of sulfonamides is 1. The molecule has 6 heteroatoms. The van der Waals surface area contributed by atoms with Crippen LogP contribution in [0.2, 0.25) is 0 Å². The van der Waals surface area contributed by atoms with E-state index in [0.717, 1.165) is 11.9 Å². The zero-order chi connectivity index (χ0) is 12.3. The smallest absolute Gasteiger partial charge is 0.230 e. The fraction of sp³-hybridized carbons (Fsp3) is 0.545. The topological polar surface area (TPSA) is 71.1 Å². The Balaban J connectivity index is 1.97. The van der Waals surface area contributed by atoms with Gasteiger partial charge < -0.3 is 5.32 Å². The van der Waals surface area contributed by atoms with Crippen molar-refractivity contribution in [3.05, 3.63) is 18.3 Å².